The molecule has 0 unspecified atom stereocenters. The summed E-state index contributed by atoms with van der Waals surface area (Å²) < 4.78 is 27.0. The van der Waals surface area contributed by atoms with E-state index in [1.54, 1.807) is 12.1 Å². The lowest BCUT2D eigenvalue weighted by Crippen LogP contribution is -2.26. The van der Waals surface area contributed by atoms with Gasteiger partial charge in [-0.3, -0.25) is 0 Å². The van der Waals surface area contributed by atoms with E-state index < -0.39 is 10.0 Å². The second-order valence-electron chi connectivity index (χ2n) is 4.88. The zero-order valence-electron chi connectivity index (χ0n) is 11.8. The Labute approximate surface area is 120 Å². The predicted octanol–water partition coefficient (Wildman–Crippen LogP) is 2.82. The number of hydrogen-bond donors (Lipinski definition) is 1. The molecule has 4 heteroatoms. The lowest BCUT2D eigenvalue weighted by molar-refractivity contribution is 0.581. The van der Waals surface area contributed by atoms with E-state index in [2.05, 4.69) is 4.72 Å². The molecule has 2 rings (SSSR count). The molecule has 0 amide bonds. The Kier molecular flexibility index (Phi) is 4.57. The van der Waals surface area contributed by atoms with Crippen molar-refractivity contribution < 1.29 is 8.42 Å². The molecular formula is C16H19NO2S. The second kappa shape index (κ2) is 6.20. The Bertz CT molecular complexity index is 679. The predicted molar refractivity (Wildman–Crippen MR) is 81.3 cm³/mol. The molecule has 106 valence electrons. The van der Waals surface area contributed by atoms with Crippen LogP contribution in [0.5, 0.6) is 0 Å². The van der Waals surface area contributed by atoms with Crippen LogP contribution in [0.4, 0.5) is 0 Å². The summed E-state index contributed by atoms with van der Waals surface area (Å²) in [5.74, 6) is 0. The minimum Gasteiger partial charge on any atom is -0.211 e. The number of rotatable bonds is 5. The summed E-state index contributed by atoms with van der Waals surface area (Å²) in [6.07, 6.45) is 0.685. The number of benzene rings is 2. The zero-order valence-corrected chi connectivity index (χ0v) is 12.6. The molecule has 0 aromatic heterocycles. The van der Waals surface area contributed by atoms with Crippen molar-refractivity contribution in [1.82, 2.24) is 4.72 Å². The van der Waals surface area contributed by atoms with Gasteiger partial charge in [-0.25, -0.2) is 13.1 Å². The fourth-order valence-corrected chi connectivity index (χ4v) is 3.06. The smallest absolute Gasteiger partial charge is 0.211 e. The van der Waals surface area contributed by atoms with Gasteiger partial charge in [0.15, 0.2) is 0 Å². The van der Waals surface area contributed by atoms with Crippen LogP contribution in [-0.2, 0) is 16.4 Å². The lowest BCUT2D eigenvalue weighted by Gasteiger charge is -2.08. The highest BCUT2D eigenvalue weighted by Crippen LogP contribution is 2.14. The van der Waals surface area contributed by atoms with Crippen molar-refractivity contribution in [3.8, 4) is 0 Å². The fraction of sp³-hybridized carbons (Fsp3) is 0.250. The van der Waals surface area contributed by atoms with Crippen LogP contribution < -0.4 is 4.72 Å². The Morgan fingerprint density at radius 1 is 0.950 bits per heavy atom. The molecule has 0 atom stereocenters. The maximum atomic E-state index is 12.2. The molecule has 1 N–H and O–H groups in total. The molecule has 2 aromatic rings. The Balaban J connectivity index is 2.02. The van der Waals surface area contributed by atoms with Gasteiger partial charge in [-0.15, -0.1) is 0 Å². The molecule has 0 saturated heterocycles. The van der Waals surface area contributed by atoms with Crippen molar-refractivity contribution in [1.29, 1.82) is 0 Å². The van der Waals surface area contributed by atoms with Crippen LogP contribution in [0, 0.1) is 13.8 Å². The Hall–Kier alpha value is -1.65. The maximum Gasteiger partial charge on any atom is 0.240 e. The average Bonchev–Trinajstić information content (AvgIpc) is 2.43. The standard InChI is InChI=1S/C16H19NO2S/c1-13-8-9-16(12-14(13)2)20(18,19)17-11-10-15-6-4-3-5-7-15/h3-9,12,17H,10-11H2,1-2H3. The van der Waals surface area contributed by atoms with Gasteiger partial charge < -0.3 is 0 Å². The van der Waals surface area contributed by atoms with E-state index in [1.165, 1.54) is 0 Å². The monoisotopic (exact) mass is 289 g/mol. The summed E-state index contributed by atoms with van der Waals surface area (Å²) >= 11 is 0. The molecule has 20 heavy (non-hydrogen) atoms. The lowest BCUT2D eigenvalue weighted by atomic mass is 10.1. The van der Waals surface area contributed by atoms with Gasteiger partial charge in [0.2, 0.25) is 10.0 Å². The van der Waals surface area contributed by atoms with Crippen LogP contribution in [0.25, 0.3) is 0 Å². The normalized spacial score (nSPS) is 11.5. The van der Waals surface area contributed by atoms with Gasteiger partial charge in [0.05, 0.1) is 4.90 Å². The molecule has 0 aliphatic heterocycles. The first kappa shape index (κ1) is 14.8. The van der Waals surface area contributed by atoms with Gasteiger partial charge in [0, 0.05) is 6.54 Å². The molecule has 0 aliphatic rings. The van der Waals surface area contributed by atoms with Gasteiger partial charge in [0.1, 0.15) is 0 Å². The number of aryl methyl sites for hydroxylation is 2. The van der Waals surface area contributed by atoms with Crippen molar-refractivity contribution >= 4 is 10.0 Å². The van der Waals surface area contributed by atoms with Gasteiger partial charge in [-0.05, 0) is 49.1 Å². The van der Waals surface area contributed by atoms with E-state index in [1.807, 2.05) is 50.2 Å². The molecule has 0 heterocycles. The van der Waals surface area contributed by atoms with Gasteiger partial charge in [0.25, 0.3) is 0 Å². The summed E-state index contributed by atoms with van der Waals surface area (Å²) in [4.78, 5) is 0.327. The molecule has 3 nitrogen and oxygen atoms in total. The maximum absolute atomic E-state index is 12.2. The first-order valence-electron chi connectivity index (χ1n) is 6.60. The van der Waals surface area contributed by atoms with Crippen LogP contribution in [0.3, 0.4) is 0 Å². The van der Waals surface area contributed by atoms with Crippen LogP contribution >= 0.6 is 0 Å². The highest BCUT2D eigenvalue weighted by Gasteiger charge is 2.13. The SMILES string of the molecule is Cc1ccc(S(=O)(=O)NCCc2ccccc2)cc1C. The molecule has 0 saturated carbocycles. The van der Waals surface area contributed by atoms with E-state index in [9.17, 15) is 8.42 Å². The van der Waals surface area contributed by atoms with Gasteiger partial charge >= 0.3 is 0 Å². The fourth-order valence-electron chi connectivity index (χ4n) is 1.94. The van der Waals surface area contributed by atoms with Crippen LogP contribution in [0.2, 0.25) is 0 Å². The van der Waals surface area contributed by atoms with E-state index in [0.717, 1.165) is 16.7 Å². The second-order valence-corrected chi connectivity index (χ2v) is 6.65. The molecule has 0 radical (unpaired) electrons. The van der Waals surface area contributed by atoms with Crippen LogP contribution in [0.15, 0.2) is 53.4 Å². The Morgan fingerprint density at radius 3 is 2.30 bits per heavy atom. The summed E-state index contributed by atoms with van der Waals surface area (Å²) in [7, 11) is -3.42. The van der Waals surface area contributed by atoms with E-state index in [0.29, 0.717) is 17.9 Å². The van der Waals surface area contributed by atoms with Crippen LogP contribution in [0.1, 0.15) is 16.7 Å². The van der Waals surface area contributed by atoms with Crippen molar-refractivity contribution in [2.24, 2.45) is 0 Å². The molecule has 0 fully saturated rings. The average molecular weight is 289 g/mol. The van der Waals surface area contributed by atoms with E-state index >= 15 is 0 Å². The third kappa shape index (κ3) is 3.68. The van der Waals surface area contributed by atoms with Crippen LogP contribution in [-0.4, -0.2) is 15.0 Å². The van der Waals surface area contributed by atoms with Gasteiger partial charge in [-0.2, -0.15) is 0 Å². The first-order valence-corrected chi connectivity index (χ1v) is 8.08. The first-order chi connectivity index (χ1) is 9.49. The van der Waals surface area contributed by atoms with E-state index in [-0.39, 0.29) is 0 Å². The Morgan fingerprint density at radius 2 is 1.65 bits per heavy atom. The number of hydrogen-bond acceptors (Lipinski definition) is 2. The minimum absolute atomic E-state index is 0.327. The van der Waals surface area contributed by atoms with Crippen molar-refractivity contribution in [3.05, 3.63) is 65.2 Å². The minimum atomic E-state index is -3.42. The van der Waals surface area contributed by atoms with E-state index in [4.69, 9.17) is 0 Å². The summed E-state index contributed by atoms with van der Waals surface area (Å²) in [6, 6.07) is 15.0. The van der Waals surface area contributed by atoms with Crippen molar-refractivity contribution in [2.75, 3.05) is 6.54 Å². The largest absolute Gasteiger partial charge is 0.240 e. The zero-order chi connectivity index (χ0) is 14.6. The topological polar surface area (TPSA) is 46.2 Å². The molecular weight excluding hydrogens is 270 g/mol. The third-order valence-corrected chi connectivity index (χ3v) is 4.80. The number of sulfonamides is 1. The van der Waals surface area contributed by atoms with Crippen molar-refractivity contribution in [2.45, 2.75) is 25.2 Å². The highest BCUT2D eigenvalue weighted by molar-refractivity contribution is 7.89. The molecule has 0 spiro atoms. The molecule has 2 aromatic carbocycles. The number of nitrogens with one attached hydrogen (secondary N) is 1. The molecule has 0 bridgehead atoms. The summed E-state index contributed by atoms with van der Waals surface area (Å²) in [6.45, 7) is 4.28. The van der Waals surface area contributed by atoms with Crippen molar-refractivity contribution in [3.63, 3.8) is 0 Å². The quantitative estimate of drug-likeness (QED) is 0.920. The highest BCUT2D eigenvalue weighted by atomic mass is 32.2. The van der Waals surface area contributed by atoms with Gasteiger partial charge in [-0.1, -0.05) is 36.4 Å². The molecule has 0 aliphatic carbocycles. The third-order valence-electron chi connectivity index (χ3n) is 3.34. The summed E-state index contributed by atoms with van der Waals surface area (Å²) in [5, 5.41) is 0. The summed E-state index contributed by atoms with van der Waals surface area (Å²) in [5.41, 5.74) is 3.19.